The monoisotopic (exact) mass is 332 g/mol. The highest BCUT2D eigenvalue weighted by Gasteiger charge is 2.17. The van der Waals surface area contributed by atoms with Crippen LogP contribution in [0.5, 0.6) is 0 Å². The van der Waals surface area contributed by atoms with Gasteiger partial charge in [0.05, 0.1) is 10.5 Å². The van der Waals surface area contributed by atoms with E-state index in [0.717, 1.165) is 24.9 Å². The molecule has 5 nitrogen and oxygen atoms in total. The number of benzene rings is 2. The molecule has 0 aliphatic rings. The normalized spacial score (nSPS) is 11.0. The summed E-state index contributed by atoms with van der Waals surface area (Å²) in [5.41, 5.74) is 1.22. The third kappa shape index (κ3) is 5.10. The van der Waals surface area contributed by atoms with Crippen molar-refractivity contribution in [2.45, 2.75) is 11.3 Å². The van der Waals surface area contributed by atoms with E-state index in [1.54, 1.807) is 12.1 Å². The molecule has 0 heterocycles. The lowest BCUT2D eigenvalue weighted by atomic mass is 10.2. The van der Waals surface area contributed by atoms with Gasteiger partial charge in [-0.15, -0.1) is 0 Å². The molecule has 0 atom stereocenters. The first-order chi connectivity index (χ1) is 11.0. The molecule has 0 spiro atoms. The quantitative estimate of drug-likeness (QED) is 0.763. The topological polar surface area (TPSA) is 75.3 Å². The molecule has 0 aliphatic heterocycles. The molecule has 0 radical (unpaired) electrons. The van der Waals surface area contributed by atoms with Crippen LogP contribution >= 0.6 is 0 Å². The van der Waals surface area contributed by atoms with Gasteiger partial charge in [-0.1, -0.05) is 30.3 Å². The molecule has 0 bridgehead atoms. The Bertz CT molecular complexity index is 758. The zero-order valence-electron chi connectivity index (χ0n) is 13.0. The largest absolute Gasteiger partial charge is 0.385 e. The van der Waals surface area contributed by atoms with Crippen LogP contribution in [-0.4, -0.2) is 33.7 Å². The number of carbonyl (C=O) groups is 1. The first-order valence-electron chi connectivity index (χ1n) is 7.34. The minimum absolute atomic E-state index is 0.0555. The number of carbonyl (C=O) groups excluding carboxylic acids is 1. The summed E-state index contributed by atoms with van der Waals surface area (Å²) in [6, 6.07) is 16.0. The van der Waals surface area contributed by atoms with Gasteiger partial charge in [0.1, 0.15) is 0 Å². The van der Waals surface area contributed by atoms with E-state index in [-0.39, 0.29) is 16.4 Å². The Kier molecular flexibility index (Phi) is 5.76. The Morgan fingerprint density at radius 1 is 0.957 bits per heavy atom. The first-order valence-corrected chi connectivity index (χ1v) is 9.24. The second-order valence-corrected chi connectivity index (χ2v) is 7.15. The third-order valence-corrected chi connectivity index (χ3v) is 4.43. The van der Waals surface area contributed by atoms with Crippen molar-refractivity contribution in [3.05, 3.63) is 60.2 Å². The second-order valence-electron chi connectivity index (χ2n) is 5.17. The van der Waals surface area contributed by atoms with Crippen molar-refractivity contribution in [2.75, 3.05) is 24.7 Å². The van der Waals surface area contributed by atoms with Crippen LogP contribution < -0.4 is 10.6 Å². The van der Waals surface area contributed by atoms with Gasteiger partial charge < -0.3 is 10.6 Å². The molecule has 0 fully saturated rings. The van der Waals surface area contributed by atoms with E-state index in [9.17, 15) is 13.2 Å². The standard InChI is InChI=1S/C17H20N2O3S/c1-23(21,22)16-11-6-5-10-15(16)17(20)19-13-7-12-18-14-8-3-2-4-9-14/h2-6,8-11,18H,7,12-13H2,1H3,(H,19,20). The fourth-order valence-electron chi connectivity index (χ4n) is 2.15. The molecule has 1 amide bonds. The minimum atomic E-state index is -3.42. The summed E-state index contributed by atoms with van der Waals surface area (Å²) in [5.74, 6) is -0.370. The lowest BCUT2D eigenvalue weighted by Gasteiger charge is -2.10. The van der Waals surface area contributed by atoms with E-state index in [4.69, 9.17) is 0 Å². The van der Waals surface area contributed by atoms with Gasteiger partial charge in [-0.25, -0.2) is 8.42 Å². The molecule has 2 aromatic rings. The van der Waals surface area contributed by atoms with Crippen LogP contribution in [0.15, 0.2) is 59.5 Å². The van der Waals surface area contributed by atoms with Crippen LogP contribution in [0, 0.1) is 0 Å². The number of para-hydroxylation sites is 1. The van der Waals surface area contributed by atoms with E-state index < -0.39 is 9.84 Å². The van der Waals surface area contributed by atoms with Gasteiger partial charge in [0, 0.05) is 25.0 Å². The SMILES string of the molecule is CS(=O)(=O)c1ccccc1C(=O)NCCCNc1ccccc1. The molecule has 0 aliphatic carbocycles. The molecular formula is C17H20N2O3S. The van der Waals surface area contributed by atoms with Gasteiger partial charge in [-0.3, -0.25) is 4.79 Å². The third-order valence-electron chi connectivity index (χ3n) is 3.27. The number of nitrogens with one attached hydrogen (secondary N) is 2. The Labute approximate surface area is 136 Å². The van der Waals surface area contributed by atoms with Gasteiger partial charge in [0.15, 0.2) is 9.84 Å². The average molecular weight is 332 g/mol. The number of anilines is 1. The Hall–Kier alpha value is -2.34. The van der Waals surface area contributed by atoms with Crippen molar-refractivity contribution >= 4 is 21.4 Å². The van der Waals surface area contributed by atoms with E-state index in [1.807, 2.05) is 30.3 Å². The molecule has 122 valence electrons. The number of rotatable bonds is 7. The van der Waals surface area contributed by atoms with E-state index in [0.29, 0.717) is 6.54 Å². The van der Waals surface area contributed by atoms with Crippen LogP contribution in [0.25, 0.3) is 0 Å². The van der Waals surface area contributed by atoms with Gasteiger partial charge in [-0.05, 0) is 30.7 Å². The molecule has 0 aromatic heterocycles. The van der Waals surface area contributed by atoms with Crippen molar-refractivity contribution < 1.29 is 13.2 Å². The Balaban J connectivity index is 1.84. The van der Waals surface area contributed by atoms with Crippen LogP contribution in [-0.2, 0) is 9.84 Å². The summed E-state index contributed by atoms with van der Waals surface area (Å²) in [7, 11) is -3.42. The summed E-state index contributed by atoms with van der Waals surface area (Å²) < 4.78 is 23.4. The van der Waals surface area contributed by atoms with E-state index >= 15 is 0 Å². The summed E-state index contributed by atoms with van der Waals surface area (Å²) in [6.45, 7) is 1.19. The fraction of sp³-hybridized carbons (Fsp3) is 0.235. The Morgan fingerprint density at radius 3 is 2.30 bits per heavy atom. The minimum Gasteiger partial charge on any atom is -0.385 e. The maximum Gasteiger partial charge on any atom is 0.252 e. The molecule has 0 saturated heterocycles. The van der Waals surface area contributed by atoms with Gasteiger partial charge in [0.25, 0.3) is 5.91 Å². The van der Waals surface area contributed by atoms with Crippen molar-refractivity contribution in [3.8, 4) is 0 Å². The van der Waals surface area contributed by atoms with Crippen LogP contribution in [0.4, 0.5) is 5.69 Å². The zero-order chi connectivity index (χ0) is 16.7. The first kappa shape index (κ1) is 17.0. The molecule has 6 heteroatoms. The molecule has 23 heavy (non-hydrogen) atoms. The molecular weight excluding hydrogens is 312 g/mol. The van der Waals surface area contributed by atoms with Crippen LogP contribution in [0.1, 0.15) is 16.8 Å². The maximum absolute atomic E-state index is 12.1. The number of sulfone groups is 1. The van der Waals surface area contributed by atoms with E-state index in [1.165, 1.54) is 12.1 Å². The molecule has 2 aromatic carbocycles. The van der Waals surface area contributed by atoms with Crippen molar-refractivity contribution in [1.82, 2.24) is 5.32 Å². The number of hydrogen-bond donors (Lipinski definition) is 2. The summed E-state index contributed by atoms with van der Waals surface area (Å²) in [5, 5.41) is 6.00. The lowest BCUT2D eigenvalue weighted by molar-refractivity contribution is 0.0950. The molecule has 0 unspecified atom stereocenters. The van der Waals surface area contributed by atoms with E-state index in [2.05, 4.69) is 10.6 Å². The van der Waals surface area contributed by atoms with Gasteiger partial charge in [-0.2, -0.15) is 0 Å². The number of hydrogen-bond acceptors (Lipinski definition) is 4. The second kappa shape index (κ2) is 7.78. The highest BCUT2D eigenvalue weighted by molar-refractivity contribution is 7.90. The Morgan fingerprint density at radius 2 is 1.61 bits per heavy atom. The highest BCUT2D eigenvalue weighted by Crippen LogP contribution is 2.15. The summed E-state index contributed by atoms with van der Waals surface area (Å²) in [6.07, 6.45) is 1.84. The predicted octanol–water partition coefficient (Wildman–Crippen LogP) is 2.32. The molecule has 0 saturated carbocycles. The van der Waals surface area contributed by atoms with Crippen molar-refractivity contribution in [2.24, 2.45) is 0 Å². The zero-order valence-corrected chi connectivity index (χ0v) is 13.8. The average Bonchev–Trinajstić information content (AvgIpc) is 2.54. The maximum atomic E-state index is 12.1. The lowest BCUT2D eigenvalue weighted by Crippen LogP contribution is -2.27. The smallest absolute Gasteiger partial charge is 0.252 e. The predicted molar refractivity (Wildman–Crippen MR) is 91.4 cm³/mol. The van der Waals surface area contributed by atoms with Gasteiger partial charge in [0.2, 0.25) is 0 Å². The summed E-state index contributed by atoms with van der Waals surface area (Å²) in [4.78, 5) is 12.2. The van der Waals surface area contributed by atoms with Crippen LogP contribution in [0.3, 0.4) is 0 Å². The summed E-state index contributed by atoms with van der Waals surface area (Å²) >= 11 is 0. The van der Waals surface area contributed by atoms with Crippen molar-refractivity contribution in [3.63, 3.8) is 0 Å². The van der Waals surface area contributed by atoms with Crippen molar-refractivity contribution in [1.29, 1.82) is 0 Å². The number of amides is 1. The van der Waals surface area contributed by atoms with Crippen LogP contribution in [0.2, 0.25) is 0 Å². The van der Waals surface area contributed by atoms with Gasteiger partial charge >= 0.3 is 0 Å². The molecule has 2 N–H and O–H groups in total. The molecule has 2 rings (SSSR count). The highest BCUT2D eigenvalue weighted by atomic mass is 32.2. The fourth-order valence-corrected chi connectivity index (χ4v) is 3.04.